The maximum absolute atomic E-state index is 12.3. The number of methoxy groups -OCH3 is 2. The summed E-state index contributed by atoms with van der Waals surface area (Å²) >= 11 is 5.81. The molecule has 1 amide bonds. The lowest BCUT2D eigenvalue weighted by atomic mass is 10.2. The van der Waals surface area contributed by atoms with Crippen molar-refractivity contribution in [1.29, 1.82) is 0 Å². The van der Waals surface area contributed by atoms with Gasteiger partial charge in [0, 0.05) is 10.6 Å². The number of hydrogen-bond acceptors (Lipinski definition) is 5. The van der Waals surface area contributed by atoms with Crippen molar-refractivity contribution in [3.05, 3.63) is 34.9 Å². The highest BCUT2D eigenvalue weighted by atomic mass is 35.5. The minimum Gasteiger partial charge on any atom is -0.468 e. The molecule has 0 N–H and O–H groups in total. The van der Waals surface area contributed by atoms with E-state index in [-0.39, 0.29) is 18.7 Å². The molecule has 6 nitrogen and oxygen atoms in total. The van der Waals surface area contributed by atoms with Gasteiger partial charge in [-0.1, -0.05) is 17.7 Å². The molecule has 1 aromatic carbocycles. The number of carbonyl (C=O) groups excluding carboxylic acids is 3. The maximum atomic E-state index is 12.3. The highest BCUT2D eigenvalue weighted by Crippen LogP contribution is 2.13. The number of halogens is 1. The van der Waals surface area contributed by atoms with Gasteiger partial charge in [0.15, 0.2) is 0 Å². The van der Waals surface area contributed by atoms with Gasteiger partial charge < -0.3 is 14.4 Å². The molecule has 0 saturated heterocycles. The Bertz CT molecular complexity index is 499. The molecule has 0 unspecified atom stereocenters. The van der Waals surface area contributed by atoms with Crippen LogP contribution in [0.3, 0.4) is 0 Å². The van der Waals surface area contributed by atoms with E-state index in [1.165, 1.54) is 26.4 Å². The second kappa shape index (κ2) is 7.49. The molecule has 0 fully saturated rings. The summed E-state index contributed by atoms with van der Waals surface area (Å²) in [5.74, 6) is -1.78. The number of nitrogens with zero attached hydrogens (tertiary/aromatic N) is 1. The van der Waals surface area contributed by atoms with Crippen molar-refractivity contribution in [2.75, 3.05) is 27.3 Å². The molecule has 0 atom stereocenters. The zero-order valence-corrected chi connectivity index (χ0v) is 11.8. The molecule has 1 rings (SSSR count). The van der Waals surface area contributed by atoms with Crippen molar-refractivity contribution in [3.63, 3.8) is 0 Å². The van der Waals surface area contributed by atoms with Crippen molar-refractivity contribution in [2.24, 2.45) is 0 Å². The van der Waals surface area contributed by atoms with Crippen LogP contribution in [0.1, 0.15) is 10.4 Å². The predicted octanol–water partition coefficient (Wildman–Crippen LogP) is 1.13. The van der Waals surface area contributed by atoms with Crippen molar-refractivity contribution in [1.82, 2.24) is 4.90 Å². The summed E-state index contributed by atoms with van der Waals surface area (Å²) in [6.07, 6.45) is 0. The molecule has 108 valence electrons. The van der Waals surface area contributed by atoms with E-state index in [0.29, 0.717) is 5.02 Å². The van der Waals surface area contributed by atoms with Crippen LogP contribution in [0.4, 0.5) is 0 Å². The van der Waals surface area contributed by atoms with Gasteiger partial charge in [0.25, 0.3) is 5.91 Å². The molecule has 0 heterocycles. The Labute approximate surface area is 121 Å². The average Bonchev–Trinajstić information content (AvgIpc) is 2.45. The first-order chi connectivity index (χ1) is 9.47. The predicted molar refractivity (Wildman–Crippen MR) is 71.4 cm³/mol. The van der Waals surface area contributed by atoms with Crippen LogP contribution in [0.2, 0.25) is 5.02 Å². The smallest absolute Gasteiger partial charge is 0.325 e. The topological polar surface area (TPSA) is 72.9 Å². The van der Waals surface area contributed by atoms with Gasteiger partial charge in [-0.15, -0.1) is 0 Å². The third kappa shape index (κ3) is 4.55. The second-order valence-electron chi connectivity index (χ2n) is 3.82. The maximum Gasteiger partial charge on any atom is 0.325 e. The highest BCUT2D eigenvalue weighted by Gasteiger charge is 2.22. The summed E-state index contributed by atoms with van der Waals surface area (Å²) in [5, 5.41) is 0.381. The molecule has 7 heteroatoms. The Balaban J connectivity index is 2.93. The van der Waals surface area contributed by atoms with Crippen LogP contribution in [0, 0.1) is 0 Å². The molecule has 1 aromatic rings. The van der Waals surface area contributed by atoms with Crippen molar-refractivity contribution < 1.29 is 23.9 Å². The zero-order chi connectivity index (χ0) is 15.1. The van der Waals surface area contributed by atoms with E-state index in [9.17, 15) is 14.4 Å². The van der Waals surface area contributed by atoms with Gasteiger partial charge in [-0.3, -0.25) is 14.4 Å². The number of benzene rings is 1. The van der Waals surface area contributed by atoms with E-state index in [4.69, 9.17) is 11.6 Å². The standard InChI is InChI=1S/C13H14ClNO5/c1-19-11(16)7-15(8-12(17)20-2)13(18)9-4-3-5-10(14)6-9/h3-6H,7-8H2,1-2H3. The van der Waals surface area contributed by atoms with Gasteiger partial charge in [0.2, 0.25) is 0 Å². The molecular weight excluding hydrogens is 286 g/mol. The summed E-state index contributed by atoms with van der Waals surface area (Å²) in [5.41, 5.74) is 0.269. The third-order valence-electron chi connectivity index (χ3n) is 2.45. The first kappa shape index (κ1) is 16.0. The van der Waals surface area contributed by atoms with Crippen LogP contribution in [0.5, 0.6) is 0 Å². The minimum absolute atomic E-state index is 0.269. The second-order valence-corrected chi connectivity index (χ2v) is 4.26. The van der Waals surface area contributed by atoms with Crippen molar-refractivity contribution in [3.8, 4) is 0 Å². The Morgan fingerprint density at radius 1 is 1.10 bits per heavy atom. The van der Waals surface area contributed by atoms with Gasteiger partial charge in [-0.25, -0.2) is 0 Å². The van der Waals surface area contributed by atoms with E-state index in [1.54, 1.807) is 12.1 Å². The van der Waals surface area contributed by atoms with Crippen LogP contribution in [-0.2, 0) is 19.1 Å². The molecule has 0 aliphatic rings. The Kier molecular flexibility index (Phi) is 5.99. The van der Waals surface area contributed by atoms with E-state index in [0.717, 1.165) is 4.90 Å². The Morgan fingerprint density at radius 3 is 2.10 bits per heavy atom. The van der Waals surface area contributed by atoms with Crippen LogP contribution >= 0.6 is 11.6 Å². The van der Waals surface area contributed by atoms with Crippen molar-refractivity contribution >= 4 is 29.4 Å². The molecule has 0 radical (unpaired) electrons. The monoisotopic (exact) mass is 299 g/mol. The number of esters is 2. The summed E-state index contributed by atoms with van der Waals surface area (Å²) < 4.78 is 8.99. The molecule has 0 saturated carbocycles. The number of rotatable bonds is 5. The van der Waals surface area contributed by atoms with Crippen molar-refractivity contribution in [2.45, 2.75) is 0 Å². The SMILES string of the molecule is COC(=O)CN(CC(=O)OC)C(=O)c1cccc(Cl)c1. The lowest BCUT2D eigenvalue weighted by Crippen LogP contribution is -2.40. The molecule has 0 bridgehead atoms. The Morgan fingerprint density at radius 2 is 1.65 bits per heavy atom. The molecule has 0 aliphatic carbocycles. The summed E-state index contributed by atoms with van der Waals surface area (Å²) in [7, 11) is 2.39. The largest absolute Gasteiger partial charge is 0.468 e. The fraction of sp³-hybridized carbons (Fsp3) is 0.308. The van der Waals surface area contributed by atoms with E-state index in [2.05, 4.69) is 9.47 Å². The number of carbonyl (C=O) groups is 3. The highest BCUT2D eigenvalue weighted by molar-refractivity contribution is 6.31. The average molecular weight is 300 g/mol. The van der Waals surface area contributed by atoms with Gasteiger partial charge in [-0.05, 0) is 18.2 Å². The van der Waals surface area contributed by atoms with Crippen LogP contribution < -0.4 is 0 Å². The summed E-state index contributed by atoms with van der Waals surface area (Å²) in [4.78, 5) is 35.9. The molecule has 20 heavy (non-hydrogen) atoms. The number of ether oxygens (including phenoxy) is 2. The molecular formula is C13H14ClNO5. The first-order valence-electron chi connectivity index (χ1n) is 5.66. The van der Waals surface area contributed by atoms with Crippen LogP contribution in [-0.4, -0.2) is 50.1 Å². The van der Waals surface area contributed by atoms with E-state index in [1.807, 2.05) is 0 Å². The molecule has 0 aromatic heterocycles. The van der Waals surface area contributed by atoms with Gasteiger partial charge in [0.1, 0.15) is 13.1 Å². The number of hydrogen-bond donors (Lipinski definition) is 0. The molecule has 0 aliphatic heterocycles. The zero-order valence-electron chi connectivity index (χ0n) is 11.1. The van der Waals surface area contributed by atoms with Crippen LogP contribution in [0.15, 0.2) is 24.3 Å². The van der Waals surface area contributed by atoms with E-state index < -0.39 is 17.8 Å². The number of amides is 1. The fourth-order valence-electron chi connectivity index (χ4n) is 1.44. The van der Waals surface area contributed by atoms with Gasteiger partial charge in [-0.2, -0.15) is 0 Å². The normalized spacial score (nSPS) is 9.75. The lowest BCUT2D eigenvalue weighted by molar-refractivity contribution is -0.144. The first-order valence-corrected chi connectivity index (χ1v) is 6.04. The van der Waals surface area contributed by atoms with Crippen LogP contribution in [0.25, 0.3) is 0 Å². The Hall–Kier alpha value is -2.08. The molecule has 0 spiro atoms. The fourth-order valence-corrected chi connectivity index (χ4v) is 1.63. The van der Waals surface area contributed by atoms with E-state index >= 15 is 0 Å². The summed E-state index contributed by atoms with van der Waals surface area (Å²) in [6, 6.07) is 6.20. The minimum atomic E-state index is -0.635. The third-order valence-corrected chi connectivity index (χ3v) is 2.69. The summed E-state index contributed by atoms with van der Waals surface area (Å²) in [6.45, 7) is -0.701. The quantitative estimate of drug-likeness (QED) is 0.762. The van der Waals surface area contributed by atoms with Gasteiger partial charge in [0.05, 0.1) is 14.2 Å². The lowest BCUT2D eigenvalue weighted by Gasteiger charge is -2.20. The van der Waals surface area contributed by atoms with Gasteiger partial charge >= 0.3 is 11.9 Å².